The third-order valence-electron chi connectivity index (χ3n) is 3.19. The lowest BCUT2D eigenvalue weighted by atomic mass is 9.85. The third-order valence-corrected chi connectivity index (χ3v) is 3.19. The molecule has 3 nitrogen and oxygen atoms in total. The molecule has 1 aromatic carbocycles. The van der Waals surface area contributed by atoms with Gasteiger partial charge in [0.15, 0.2) is 0 Å². The average Bonchev–Trinajstić information content (AvgIpc) is 2.31. The molecule has 1 aromatic rings. The molecule has 0 bridgehead atoms. The van der Waals surface area contributed by atoms with Crippen molar-refractivity contribution in [1.29, 1.82) is 0 Å². The van der Waals surface area contributed by atoms with Gasteiger partial charge in [0.1, 0.15) is 23.4 Å². The van der Waals surface area contributed by atoms with Gasteiger partial charge in [0.25, 0.3) is 0 Å². The summed E-state index contributed by atoms with van der Waals surface area (Å²) in [6, 6.07) is 3.67. The van der Waals surface area contributed by atoms with Crippen molar-refractivity contribution in [3.05, 3.63) is 29.8 Å². The van der Waals surface area contributed by atoms with E-state index in [4.69, 9.17) is 9.47 Å². The zero-order valence-electron chi connectivity index (χ0n) is 10.5. The Kier molecular flexibility index (Phi) is 4.14. The molecule has 0 heterocycles. The third kappa shape index (κ3) is 2.47. The van der Waals surface area contributed by atoms with Crippen molar-refractivity contribution in [3.8, 4) is 0 Å². The summed E-state index contributed by atoms with van der Waals surface area (Å²) in [5.41, 5.74) is -0.0977. The molecular weight excluding hydrogens is 240 g/mol. The van der Waals surface area contributed by atoms with E-state index in [0.717, 1.165) is 0 Å². The van der Waals surface area contributed by atoms with Gasteiger partial charge in [0, 0.05) is 13.7 Å². The van der Waals surface area contributed by atoms with Gasteiger partial charge in [-0.15, -0.1) is 0 Å². The van der Waals surface area contributed by atoms with E-state index in [-0.39, 0.29) is 23.9 Å². The van der Waals surface area contributed by atoms with Crippen LogP contribution in [0.5, 0.6) is 0 Å². The first kappa shape index (κ1) is 13.2. The fourth-order valence-electron chi connectivity index (χ4n) is 2.24. The number of hydrogen-bond acceptors (Lipinski definition) is 3. The van der Waals surface area contributed by atoms with Crippen LogP contribution in [0.2, 0.25) is 0 Å². The van der Waals surface area contributed by atoms with Gasteiger partial charge in [0.05, 0.1) is 12.1 Å². The predicted molar refractivity (Wildman–Crippen MR) is 64.6 cm³/mol. The molecule has 0 saturated heterocycles. The Labute approximate surface area is 105 Å². The number of ether oxygens (including phenoxy) is 2. The Balaban J connectivity index is 2.03. The molecule has 18 heavy (non-hydrogen) atoms. The summed E-state index contributed by atoms with van der Waals surface area (Å²) in [6.07, 6.45) is 0.497. The van der Waals surface area contributed by atoms with E-state index in [1.165, 1.54) is 18.2 Å². The summed E-state index contributed by atoms with van der Waals surface area (Å²) in [4.78, 5) is 0. The molecule has 1 aliphatic rings. The van der Waals surface area contributed by atoms with Crippen molar-refractivity contribution >= 4 is 5.69 Å². The summed E-state index contributed by atoms with van der Waals surface area (Å²) in [7, 11) is 1.57. The number of nitrogens with one attached hydrogen (secondary N) is 1. The summed E-state index contributed by atoms with van der Waals surface area (Å²) in [6.45, 7) is 2.51. The zero-order chi connectivity index (χ0) is 13.1. The van der Waals surface area contributed by atoms with Crippen molar-refractivity contribution in [2.75, 3.05) is 19.0 Å². The number of benzene rings is 1. The highest BCUT2D eigenvalue weighted by Crippen LogP contribution is 2.31. The number of methoxy groups -OCH3 is 1. The van der Waals surface area contributed by atoms with Crippen LogP contribution in [0.15, 0.2) is 18.2 Å². The molecule has 5 heteroatoms. The SMILES string of the molecule is CCOC1CC(Nc2c(F)cccc2F)C1OC. The maximum atomic E-state index is 13.5. The average molecular weight is 257 g/mol. The predicted octanol–water partition coefficient (Wildman–Crippen LogP) is 2.57. The van der Waals surface area contributed by atoms with Crippen molar-refractivity contribution in [3.63, 3.8) is 0 Å². The topological polar surface area (TPSA) is 30.5 Å². The van der Waals surface area contributed by atoms with E-state index in [2.05, 4.69) is 5.32 Å². The van der Waals surface area contributed by atoms with Gasteiger partial charge >= 0.3 is 0 Å². The lowest BCUT2D eigenvalue weighted by Gasteiger charge is -2.43. The fourth-order valence-corrected chi connectivity index (χ4v) is 2.24. The zero-order valence-corrected chi connectivity index (χ0v) is 10.5. The van der Waals surface area contributed by atoms with Crippen LogP contribution in [0.1, 0.15) is 13.3 Å². The number of hydrogen-bond donors (Lipinski definition) is 1. The Morgan fingerprint density at radius 2 is 2.00 bits per heavy atom. The van der Waals surface area contributed by atoms with Gasteiger partial charge in [-0.25, -0.2) is 8.78 Å². The molecule has 1 saturated carbocycles. The van der Waals surface area contributed by atoms with Crippen LogP contribution < -0.4 is 5.32 Å². The quantitative estimate of drug-likeness (QED) is 0.879. The van der Waals surface area contributed by atoms with E-state index in [0.29, 0.717) is 13.0 Å². The number of para-hydroxylation sites is 1. The molecule has 3 unspecified atom stereocenters. The highest BCUT2D eigenvalue weighted by molar-refractivity contribution is 5.47. The van der Waals surface area contributed by atoms with Gasteiger partial charge in [-0.1, -0.05) is 6.07 Å². The van der Waals surface area contributed by atoms with Gasteiger partial charge < -0.3 is 14.8 Å². The fraction of sp³-hybridized carbons (Fsp3) is 0.538. The molecule has 100 valence electrons. The molecule has 0 amide bonds. The molecule has 3 atom stereocenters. The van der Waals surface area contributed by atoms with Crippen LogP contribution in [0.3, 0.4) is 0 Å². The minimum absolute atomic E-state index is 0.00710. The Hall–Kier alpha value is -1.20. The van der Waals surface area contributed by atoms with Crippen LogP contribution in [0.4, 0.5) is 14.5 Å². The maximum absolute atomic E-state index is 13.5. The van der Waals surface area contributed by atoms with Crippen LogP contribution in [-0.2, 0) is 9.47 Å². The number of rotatable bonds is 5. The monoisotopic (exact) mass is 257 g/mol. The molecule has 0 spiro atoms. The molecule has 0 radical (unpaired) electrons. The van der Waals surface area contributed by atoms with Crippen LogP contribution in [0.25, 0.3) is 0 Å². The smallest absolute Gasteiger partial charge is 0.149 e. The first-order valence-corrected chi connectivity index (χ1v) is 6.02. The van der Waals surface area contributed by atoms with Gasteiger partial charge in [0.2, 0.25) is 0 Å². The van der Waals surface area contributed by atoms with Crippen LogP contribution in [-0.4, -0.2) is 32.0 Å². The molecule has 1 N–H and O–H groups in total. The van der Waals surface area contributed by atoms with E-state index in [1.54, 1.807) is 7.11 Å². The number of halogens is 2. The lowest BCUT2D eigenvalue weighted by Crippen LogP contribution is -2.57. The second kappa shape index (κ2) is 5.63. The second-order valence-corrected chi connectivity index (χ2v) is 4.28. The summed E-state index contributed by atoms with van der Waals surface area (Å²) in [5.74, 6) is -1.19. The first-order chi connectivity index (χ1) is 8.67. The Morgan fingerprint density at radius 3 is 2.56 bits per heavy atom. The standard InChI is InChI=1S/C13H17F2NO2/c1-3-18-11-7-10(13(11)17-2)16-12-8(14)5-4-6-9(12)15/h4-6,10-11,13,16H,3,7H2,1-2H3. The summed E-state index contributed by atoms with van der Waals surface area (Å²) in [5, 5.41) is 2.85. The van der Waals surface area contributed by atoms with Gasteiger partial charge in [-0.2, -0.15) is 0 Å². The first-order valence-electron chi connectivity index (χ1n) is 6.02. The number of anilines is 1. The van der Waals surface area contributed by atoms with Crippen LogP contribution in [0, 0.1) is 11.6 Å². The van der Waals surface area contributed by atoms with E-state index in [1.807, 2.05) is 6.92 Å². The molecular formula is C13H17F2NO2. The van der Waals surface area contributed by atoms with E-state index in [9.17, 15) is 8.78 Å². The maximum Gasteiger partial charge on any atom is 0.149 e. The van der Waals surface area contributed by atoms with Crippen molar-refractivity contribution in [1.82, 2.24) is 0 Å². The Bertz CT molecular complexity index is 394. The Morgan fingerprint density at radius 1 is 1.33 bits per heavy atom. The molecule has 0 aromatic heterocycles. The minimum atomic E-state index is -0.593. The van der Waals surface area contributed by atoms with Crippen molar-refractivity contribution in [2.45, 2.75) is 31.6 Å². The van der Waals surface area contributed by atoms with Crippen molar-refractivity contribution < 1.29 is 18.3 Å². The molecule has 0 aliphatic heterocycles. The van der Waals surface area contributed by atoms with Gasteiger partial charge in [-0.05, 0) is 25.5 Å². The van der Waals surface area contributed by atoms with E-state index < -0.39 is 11.6 Å². The molecule has 1 aliphatic carbocycles. The minimum Gasteiger partial charge on any atom is -0.377 e. The van der Waals surface area contributed by atoms with Gasteiger partial charge in [-0.3, -0.25) is 0 Å². The lowest BCUT2D eigenvalue weighted by molar-refractivity contribution is -0.118. The normalized spacial score (nSPS) is 26.8. The largest absolute Gasteiger partial charge is 0.377 e. The summed E-state index contributed by atoms with van der Waals surface area (Å²) >= 11 is 0. The highest BCUT2D eigenvalue weighted by Gasteiger charge is 2.42. The van der Waals surface area contributed by atoms with Crippen molar-refractivity contribution in [2.24, 2.45) is 0 Å². The second-order valence-electron chi connectivity index (χ2n) is 4.28. The summed E-state index contributed by atoms with van der Waals surface area (Å²) < 4.78 is 37.7. The van der Waals surface area contributed by atoms with E-state index >= 15 is 0 Å². The molecule has 1 fully saturated rings. The highest BCUT2D eigenvalue weighted by atomic mass is 19.1. The molecule has 2 rings (SSSR count). The van der Waals surface area contributed by atoms with Crippen LogP contribution >= 0.6 is 0 Å².